The van der Waals surface area contributed by atoms with E-state index in [1.54, 1.807) is 53.6 Å². The highest BCUT2D eigenvalue weighted by Gasteiger charge is 2.27. The standard InChI is InChI=1S/C32H31N9O2S/c1-38-14-16-40(17-15-38)32-35-19-23(20-36-32)29-18-27-26(28-21-39(2)37-30(28)22-8-10-24(33)11-9-22)12-13-34-31(27)41(29)44(42,43)25-6-4-3-5-7-25/h3-13,18-21H,14-17,33H2,1-2H3. The molecule has 2 N–H and O–H groups in total. The number of fused-ring (bicyclic) bond motifs is 1. The van der Waals surface area contributed by atoms with Gasteiger partial charge in [-0.05, 0) is 49.0 Å². The van der Waals surface area contributed by atoms with Crippen molar-refractivity contribution >= 4 is 32.7 Å². The first-order valence-electron chi connectivity index (χ1n) is 14.3. The summed E-state index contributed by atoms with van der Waals surface area (Å²) in [6.45, 7) is 3.51. The Morgan fingerprint density at radius 3 is 2.20 bits per heavy atom. The Labute approximate surface area is 255 Å². The molecule has 1 saturated heterocycles. The lowest BCUT2D eigenvalue weighted by atomic mass is 10.00. The summed E-state index contributed by atoms with van der Waals surface area (Å²) in [6, 6.07) is 19.6. The summed E-state index contributed by atoms with van der Waals surface area (Å²) in [5, 5.41) is 5.40. The fourth-order valence-electron chi connectivity index (χ4n) is 5.62. The lowest BCUT2D eigenvalue weighted by Crippen LogP contribution is -2.45. The second-order valence-electron chi connectivity index (χ2n) is 11.0. The van der Waals surface area contributed by atoms with Crippen molar-refractivity contribution in [1.82, 2.24) is 33.6 Å². The molecule has 6 aromatic rings. The monoisotopic (exact) mass is 605 g/mol. The van der Waals surface area contributed by atoms with Gasteiger partial charge < -0.3 is 15.5 Å². The van der Waals surface area contributed by atoms with Gasteiger partial charge in [-0.3, -0.25) is 4.68 Å². The van der Waals surface area contributed by atoms with Crippen LogP contribution in [0.2, 0.25) is 0 Å². The van der Waals surface area contributed by atoms with Crippen molar-refractivity contribution in [2.24, 2.45) is 7.05 Å². The van der Waals surface area contributed by atoms with Crippen LogP contribution in [0, 0.1) is 0 Å². The molecule has 11 nitrogen and oxygen atoms in total. The fourth-order valence-corrected chi connectivity index (χ4v) is 7.12. The first kappa shape index (κ1) is 27.7. The predicted octanol–water partition coefficient (Wildman–Crippen LogP) is 4.13. The van der Waals surface area contributed by atoms with Crippen molar-refractivity contribution in [2.45, 2.75) is 4.90 Å². The number of hydrogen-bond donors (Lipinski definition) is 1. The van der Waals surface area contributed by atoms with Gasteiger partial charge in [-0.25, -0.2) is 27.3 Å². The smallest absolute Gasteiger partial charge is 0.269 e. The van der Waals surface area contributed by atoms with E-state index in [0.29, 0.717) is 33.9 Å². The zero-order valence-electron chi connectivity index (χ0n) is 24.4. The van der Waals surface area contributed by atoms with Gasteiger partial charge in [-0.1, -0.05) is 30.3 Å². The molecule has 0 saturated carbocycles. The molecule has 0 radical (unpaired) electrons. The first-order chi connectivity index (χ1) is 21.3. The molecule has 1 aliphatic rings. The maximum absolute atomic E-state index is 14.3. The van der Waals surface area contributed by atoms with Gasteiger partial charge in [-0.15, -0.1) is 0 Å². The molecule has 0 unspecified atom stereocenters. The number of likely N-dealkylation sites (N-methyl/N-ethyl adjacent to an activating group) is 1. The van der Waals surface area contributed by atoms with E-state index in [2.05, 4.69) is 31.8 Å². The minimum Gasteiger partial charge on any atom is -0.399 e. The van der Waals surface area contributed by atoms with Gasteiger partial charge in [0.1, 0.15) is 5.69 Å². The van der Waals surface area contributed by atoms with Crippen LogP contribution in [0.5, 0.6) is 0 Å². The SMILES string of the molecule is CN1CCN(c2ncc(-c3cc4c(-c5cn(C)nc5-c5ccc(N)cc5)ccnc4n3S(=O)(=O)c3ccccc3)cn2)CC1. The van der Waals surface area contributed by atoms with E-state index in [0.717, 1.165) is 48.6 Å². The number of benzene rings is 2. The minimum absolute atomic E-state index is 0.157. The minimum atomic E-state index is -4.05. The highest BCUT2D eigenvalue weighted by Crippen LogP contribution is 2.39. The number of rotatable bonds is 6. The molecule has 0 spiro atoms. The van der Waals surface area contributed by atoms with Crippen LogP contribution < -0.4 is 10.6 Å². The van der Waals surface area contributed by atoms with E-state index in [9.17, 15) is 8.42 Å². The van der Waals surface area contributed by atoms with Crippen LogP contribution >= 0.6 is 0 Å². The molecule has 4 aromatic heterocycles. The molecule has 2 aromatic carbocycles. The molecule has 12 heteroatoms. The van der Waals surface area contributed by atoms with E-state index in [1.165, 1.54) is 3.97 Å². The molecule has 1 aliphatic heterocycles. The van der Waals surface area contributed by atoms with E-state index in [-0.39, 0.29) is 4.90 Å². The zero-order valence-corrected chi connectivity index (χ0v) is 25.2. The van der Waals surface area contributed by atoms with E-state index < -0.39 is 10.0 Å². The van der Waals surface area contributed by atoms with Crippen molar-refractivity contribution < 1.29 is 8.42 Å². The average Bonchev–Trinajstić information content (AvgIpc) is 3.64. The normalized spacial score (nSPS) is 14.4. The van der Waals surface area contributed by atoms with Gasteiger partial charge in [0.25, 0.3) is 10.0 Å². The van der Waals surface area contributed by atoms with E-state index >= 15 is 0 Å². The maximum atomic E-state index is 14.3. The predicted molar refractivity (Wildman–Crippen MR) is 172 cm³/mol. The fraction of sp³-hybridized carbons (Fsp3) is 0.188. The Kier molecular flexibility index (Phi) is 6.87. The van der Waals surface area contributed by atoms with Crippen LogP contribution in [0.3, 0.4) is 0 Å². The Morgan fingerprint density at radius 2 is 1.50 bits per heavy atom. The molecular formula is C32H31N9O2S. The summed E-state index contributed by atoms with van der Waals surface area (Å²) in [6.07, 6.45) is 6.94. The highest BCUT2D eigenvalue weighted by molar-refractivity contribution is 7.90. The Balaban J connectivity index is 1.42. The molecule has 0 atom stereocenters. The average molecular weight is 606 g/mol. The van der Waals surface area contributed by atoms with Crippen molar-refractivity contribution in [3.63, 3.8) is 0 Å². The topological polar surface area (TPSA) is 128 Å². The zero-order chi connectivity index (χ0) is 30.4. The number of nitrogen functional groups attached to an aromatic ring is 1. The molecule has 222 valence electrons. The largest absolute Gasteiger partial charge is 0.399 e. The quantitative estimate of drug-likeness (QED) is 0.279. The summed E-state index contributed by atoms with van der Waals surface area (Å²) < 4.78 is 31.6. The molecular weight excluding hydrogens is 574 g/mol. The number of pyridine rings is 1. The summed E-state index contributed by atoms with van der Waals surface area (Å²) in [4.78, 5) is 18.5. The Hall–Kier alpha value is -5.07. The Bertz CT molecular complexity index is 2060. The summed E-state index contributed by atoms with van der Waals surface area (Å²) >= 11 is 0. The molecule has 44 heavy (non-hydrogen) atoms. The number of nitrogens with zero attached hydrogens (tertiary/aromatic N) is 8. The lowest BCUT2D eigenvalue weighted by Gasteiger charge is -2.32. The number of aryl methyl sites for hydroxylation is 1. The second kappa shape index (κ2) is 10.9. The maximum Gasteiger partial charge on any atom is 0.269 e. The molecule has 0 amide bonds. The Morgan fingerprint density at radius 1 is 0.795 bits per heavy atom. The van der Waals surface area contributed by atoms with Crippen molar-refractivity contribution in [1.29, 1.82) is 0 Å². The van der Waals surface area contributed by atoms with Gasteiger partial charge in [-0.2, -0.15) is 5.10 Å². The third-order valence-corrected chi connectivity index (χ3v) is 9.68. The number of nitrogens with two attached hydrogens (primary N) is 1. The summed E-state index contributed by atoms with van der Waals surface area (Å²) in [5.74, 6) is 0.623. The van der Waals surface area contributed by atoms with E-state index in [1.807, 2.05) is 49.6 Å². The van der Waals surface area contributed by atoms with Crippen LogP contribution in [-0.2, 0) is 17.1 Å². The summed E-state index contributed by atoms with van der Waals surface area (Å²) in [5.41, 5.74) is 11.2. The molecule has 5 heterocycles. The van der Waals surface area contributed by atoms with Gasteiger partial charge in [0, 0.05) is 85.8 Å². The third kappa shape index (κ3) is 4.87. The van der Waals surface area contributed by atoms with E-state index in [4.69, 9.17) is 10.8 Å². The molecule has 7 rings (SSSR count). The van der Waals surface area contributed by atoms with Crippen molar-refractivity contribution in [3.05, 3.63) is 91.5 Å². The second-order valence-corrected chi connectivity index (χ2v) is 12.7. The van der Waals surface area contributed by atoms with Crippen LogP contribution in [0.25, 0.3) is 44.7 Å². The van der Waals surface area contributed by atoms with Crippen molar-refractivity contribution in [3.8, 4) is 33.6 Å². The molecule has 0 bridgehead atoms. The highest BCUT2D eigenvalue weighted by atomic mass is 32.2. The molecule has 0 aliphatic carbocycles. The van der Waals surface area contributed by atoms with Gasteiger partial charge in [0.15, 0.2) is 5.65 Å². The number of anilines is 2. The van der Waals surface area contributed by atoms with Crippen LogP contribution in [0.1, 0.15) is 0 Å². The molecule has 1 fully saturated rings. The van der Waals surface area contributed by atoms with Gasteiger partial charge in [0.2, 0.25) is 5.95 Å². The van der Waals surface area contributed by atoms with Crippen LogP contribution in [0.15, 0.2) is 96.4 Å². The lowest BCUT2D eigenvalue weighted by molar-refractivity contribution is 0.311. The summed E-state index contributed by atoms with van der Waals surface area (Å²) in [7, 11) is -0.0941. The third-order valence-electron chi connectivity index (χ3n) is 7.97. The van der Waals surface area contributed by atoms with Crippen LogP contribution in [0.4, 0.5) is 11.6 Å². The van der Waals surface area contributed by atoms with Gasteiger partial charge in [0.05, 0.1) is 10.6 Å². The number of piperazine rings is 1. The van der Waals surface area contributed by atoms with Crippen molar-refractivity contribution in [2.75, 3.05) is 43.9 Å². The number of aromatic nitrogens is 6. The number of hydrogen-bond acceptors (Lipinski definition) is 9. The van der Waals surface area contributed by atoms with Gasteiger partial charge >= 0.3 is 0 Å². The first-order valence-corrected chi connectivity index (χ1v) is 15.7. The van der Waals surface area contributed by atoms with Crippen LogP contribution in [-0.4, -0.2) is 75.2 Å².